The SMILES string of the molecule is CC(C)(C)c1cnc(COc2cccc(Oc3ncccn3)c2)o1. The monoisotopic (exact) mass is 325 g/mol. The van der Waals surface area contributed by atoms with Crippen LogP contribution in [0.2, 0.25) is 0 Å². The second kappa shape index (κ2) is 6.70. The molecular formula is C18H19N3O3. The molecule has 3 aromatic rings. The zero-order valence-corrected chi connectivity index (χ0v) is 13.9. The lowest BCUT2D eigenvalue weighted by Gasteiger charge is -2.13. The van der Waals surface area contributed by atoms with E-state index >= 15 is 0 Å². The van der Waals surface area contributed by atoms with Crippen LogP contribution in [0.5, 0.6) is 17.5 Å². The van der Waals surface area contributed by atoms with E-state index in [0.29, 0.717) is 17.4 Å². The molecule has 0 aliphatic heterocycles. The number of oxazole rings is 1. The molecule has 1 aromatic carbocycles. The van der Waals surface area contributed by atoms with E-state index in [0.717, 1.165) is 5.76 Å². The number of hydrogen-bond acceptors (Lipinski definition) is 6. The molecule has 2 aromatic heterocycles. The molecule has 0 saturated carbocycles. The Morgan fingerprint density at radius 3 is 2.46 bits per heavy atom. The summed E-state index contributed by atoms with van der Waals surface area (Å²) >= 11 is 0. The fourth-order valence-electron chi connectivity index (χ4n) is 1.94. The highest BCUT2D eigenvalue weighted by Crippen LogP contribution is 2.25. The standard InChI is InChI=1S/C18H19N3O3/c1-18(2,3)15-11-21-16(24-15)12-22-13-6-4-7-14(10-13)23-17-19-8-5-9-20-17/h4-11H,12H2,1-3H3. The number of nitrogens with zero attached hydrogens (tertiary/aromatic N) is 3. The van der Waals surface area contributed by atoms with Crippen molar-refractivity contribution in [2.75, 3.05) is 0 Å². The molecule has 0 fully saturated rings. The third-order valence-electron chi connectivity index (χ3n) is 3.21. The van der Waals surface area contributed by atoms with Crippen LogP contribution in [-0.4, -0.2) is 15.0 Å². The van der Waals surface area contributed by atoms with Gasteiger partial charge in [0.25, 0.3) is 0 Å². The Kier molecular flexibility index (Phi) is 4.46. The van der Waals surface area contributed by atoms with Crippen molar-refractivity contribution in [3.8, 4) is 17.5 Å². The van der Waals surface area contributed by atoms with E-state index in [9.17, 15) is 0 Å². The lowest BCUT2D eigenvalue weighted by atomic mass is 9.94. The fraction of sp³-hybridized carbons (Fsp3) is 0.278. The van der Waals surface area contributed by atoms with Gasteiger partial charge < -0.3 is 13.9 Å². The van der Waals surface area contributed by atoms with Gasteiger partial charge in [0.15, 0.2) is 6.61 Å². The first-order valence-corrected chi connectivity index (χ1v) is 7.63. The van der Waals surface area contributed by atoms with E-state index in [1.165, 1.54) is 0 Å². The van der Waals surface area contributed by atoms with Gasteiger partial charge in [-0.3, -0.25) is 0 Å². The van der Waals surface area contributed by atoms with Crippen LogP contribution in [0, 0.1) is 0 Å². The van der Waals surface area contributed by atoms with Crippen molar-refractivity contribution in [1.82, 2.24) is 15.0 Å². The van der Waals surface area contributed by atoms with E-state index in [1.807, 2.05) is 18.2 Å². The van der Waals surface area contributed by atoms with Gasteiger partial charge in [0.1, 0.15) is 17.3 Å². The van der Waals surface area contributed by atoms with Crippen LogP contribution < -0.4 is 9.47 Å². The maximum Gasteiger partial charge on any atom is 0.321 e. The van der Waals surface area contributed by atoms with Crippen molar-refractivity contribution in [3.63, 3.8) is 0 Å². The Hall–Kier alpha value is -2.89. The number of hydrogen-bond donors (Lipinski definition) is 0. The number of aromatic nitrogens is 3. The van der Waals surface area contributed by atoms with Gasteiger partial charge in [-0.25, -0.2) is 15.0 Å². The Balaban J connectivity index is 1.63. The third-order valence-corrected chi connectivity index (χ3v) is 3.21. The van der Waals surface area contributed by atoms with Crippen molar-refractivity contribution in [1.29, 1.82) is 0 Å². The van der Waals surface area contributed by atoms with E-state index in [1.54, 1.807) is 30.7 Å². The van der Waals surface area contributed by atoms with Gasteiger partial charge in [0, 0.05) is 23.9 Å². The molecule has 24 heavy (non-hydrogen) atoms. The molecule has 0 aliphatic carbocycles. The molecular weight excluding hydrogens is 306 g/mol. The number of ether oxygens (including phenoxy) is 2. The molecule has 124 valence electrons. The summed E-state index contributed by atoms with van der Waals surface area (Å²) in [5, 5.41) is 0. The maximum atomic E-state index is 5.72. The van der Waals surface area contributed by atoms with E-state index in [-0.39, 0.29) is 18.0 Å². The zero-order chi connectivity index (χ0) is 17.0. The van der Waals surface area contributed by atoms with Gasteiger partial charge in [-0.1, -0.05) is 26.8 Å². The van der Waals surface area contributed by atoms with Crippen molar-refractivity contribution in [3.05, 3.63) is 60.6 Å². The van der Waals surface area contributed by atoms with Crippen molar-refractivity contribution in [2.24, 2.45) is 0 Å². The summed E-state index contributed by atoms with van der Waals surface area (Å²) in [6.07, 6.45) is 4.99. The molecule has 2 heterocycles. The molecule has 0 atom stereocenters. The summed E-state index contributed by atoms with van der Waals surface area (Å²) in [5.74, 6) is 2.62. The smallest absolute Gasteiger partial charge is 0.321 e. The lowest BCUT2D eigenvalue weighted by molar-refractivity contribution is 0.251. The summed E-state index contributed by atoms with van der Waals surface area (Å²) in [6, 6.07) is 9.28. The molecule has 0 aliphatic rings. The largest absolute Gasteiger partial charge is 0.484 e. The minimum atomic E-state index is -0.0747. The van der Waals surface area contributed by atoms with Crippen LogP contribution in [0.4, 0.5) is 0 Å². The molecule has 0 saturated heterocycles. The van der Waals surface area contributed by atoms with E-state index < -0.39 is 0 Å². The first kappa shape index (κ1) is 16.0. The third kappa shape index (κ3) is 4.10. The van der Waals surface area contributed by atoms with Crippen LogP contribution in [0.1, 0.15) is 32.4 Å². The molecule has 6 heteroatoms. The molecule has 0 radical (unpaired) electrons. The highest BCUT2D eigenvalue weighted by Gasteiger charge is 2.19. The summed E-state index contributed by atoms with van der Waals surface area (Å²) in [6.45, 7) is 6.47. The van der Waals surface area contributed by atoms with Gasteiger partial charge in [0.2, 0.25) is 5.89 Å². The van der Waals surface area contributed by atoms with Gasteiger partial charge in [-0.05, 0) is 18.2 Å². The average Bonchev–Trinajstić information content (AvgIpc) is 3.04. The molecule has 0 bridgehead atoms. The Bertz CT molecular complexity index is 795. The minimum absolute atomic E-state index is 0.0747. The van der Waals surface area contributed by atoms with Crippen LogP contribution in [0.15, 0.2) is 53.3 Å². The predicted octanol–water partition coefficient (Wildman–Crippen LogP) is 4.13. The zero-order valence-electron chi connectivity index (χ0n) is 13.9. The normalized spacial score (nSPS) is 11.3. The van der Waals surface area contributed by atoms with E-state index in [2.05, 4.69) is 35.7 Å². The molecule has 0 unspecified atom stereocenters. The van der Waals surface area contributed by atoms with Crippen LogP contribution >= 0.6 is 0 Å². The highest BCUT2D eigenvalue weighted by atomic mass is 16.5. The first-order chi connectivity index (χ1) is 11.5. The Morgan fingerprint density at radius 1 is 1.00 bits per heavy atom. The van der Waals surface area contributed by atoms with Crippen molar-refractivity contribution < 1.29 is 13.9 Å². The Morgan fingerprint density at radius 2 is 1.75 bits per heavy atom. The summed E-state index contributed by atoms with van der Waals surface area (Å²) in [7, 11) is 0. The highest BCUT2D eigenvalue weighted by molar-refractivity contribution is 5.34. The van der Waals surface area contributed by atoms with Crippen LogP contribution in [0.25, 0.3) is 0 Å². The van der Waals surface area contributed by atoms with Crippen LogP contribution in [0.3, 0.4) is 0 Å². The summed E-state index contributed by atoms with van der Waals surface area (Å²) < 4.78 is 17.0. The molecule has 3 rings (SSSR count). The van der Waals surface area contributed by atoms with Crippen molar-refractivity contribution >= 4 is 0 Å². The van der Waals surface area contributed by atoms with Gasteiger partial charge in [-0.15, -0.1) is 0 Å². The van der Waals surface area contributed by atoms with Gasteiger partial charge in [0.05, 0.1) is 6.20 Å². The topological polar surface area (TPSA) is 70.3 Å². The molecule has 0 N–H and O–H groups in total. The minimum Gasteiger partial charge on any atom is -0.484 e. The molecule has 0 amide bonds. The first-order valence-electron chi connectivity index (χ1n) is 7.63. The lowest BCUT2D eigenvalue weighted by Crippen LogP contribution is -2.09. The van der Waals surface area contributed by atoms with E-state index in [4.69, 9.17) is 13.9 Å². The quantitative estimate of drug-likeness (QED) is 0.702. The predicted molar refractivity (Wildman–Crippen MR) is 88.1 cm³/mol. The maximum absolute atomic E-state index is 5.72. The van der Waals surface area contributed by atoms with Gasteiger partial charge in [-0.2, -0.15) is 0 Å². The van der Waals surface area contributed by atoms with Gasteiger partial charge >= 0.3 is 6.01 Å². The van der Waals surface area contributed by atoms with Crippen molar-refractivity contribution in [2.45, 2.75) is 32.8 Å². The second-order valence-corrected chi connectivity index (χ2v) is 6.27. The van der Waals surface area contributed by atoms with Crippen LogP contribution in [-0.2, 0) is 12.0 Å². The average molecular weight is 325 g/mol. The molecule has 0 spiro atoms. The number of rotatable bonds is 5. The number of benzene rings is 1. The molecule has 6 nitrogen and oxygen atoms in total. The summed E-state index contributed by atoms with van der Waals surface area (Å²) in [4.78, 5) is 12.3. The second-order valence-electron chi connectivity index (χ2n) is 6.27. The summed E-state index contributed by atoms with van der Waals surface area (Å²) in [5.41, 5.74) is -0.0747. The fourth-order valence-corrected chi connectivity index (χ4v) is 1.94. The Labute approximate surface area is 140 Å².